The van der Waals surface area contributed by atoms with Crippen molar-refractivity contribution in [2.45, 2.75) is 12.8 Å². The molecule has 3 rings (SSSR count). The zero-order valence-electron chi connectivity index (χ0n) is 14.0. The Morgan fingerprint density at radius 3 is 2.27 bits per heavy atom. The predicted molar refractivity (Wildman–Crippen MR) is 99.1 cm³/mol. The summed E-state index contributed by atoms with van der Waals surface area (Å²) in [7, 11) is 0. The summed E-state index contributed by atoms with van der Waals surface area (Å²) < 4.78 is 1.42. The van der Waals surface area contributed by atoms with E-state index in [0.717, 1.165) is 0 Å². The number of rotatable bonds is 4. The van der Waals surface area contributed by atoms with Crippen LogP contribution in [0.5, 0.6) is 0 Å². The van der Waals surface area contributed by atoms with Crippen LogP contribution >= 0.6 is 11.6 Å². The second-order valence-electron chi connectivity index (χ2n) is 5.86. The molecule has 0 fully saturated rings. The van der Waals surface area contributed by atoms with E-state index in [-0.39, 0.29) is 5.56 Å². The number of para-hydroxylation sites is 1. The van der Waals surface area contributed by atoms with Crippen LogP contribution in [0, 0.1) is 35.5 Å². The third-order valence-corrected chi connectivity index (χ3v) is 4.64. The van der Waals surface area contributed by atoms with Crippen LogP contribution in [0.3, 0.4) is 0 Å². The van der Waals surface area contributed by atoms with Gasteiger partial charge in [0.25, 0.3) is 5.56 Å². The maximum atomic E-state index is 13.1. The first-order chi connectivity index (χ1) is 12.6. The van der Waals surface area contributed by atoms with Gasteiger partial charge in [0.15, 0.2) is 0 Å². The molecule has 1 aromatic heterocycles. The minimum absolute atomic E-state index is 0.297. The number of hydrogen-bond donors (Lipinski definition) is 1. The van der Waals surface area contributed by atoms with Crippen LogP contribution in [0.1, 0.15) is 22.7 Å². The molecule has 0 radical (unpaired) electrons. The summed E-state index contributed by atoms with van der Waals surface area (Å²) in [6.45, 7) is 1.76. The molecule has 1 N–H and O–H groups in total. The number of halogens is 1. The van der Waals surface area contributed by atoms with Gasteiger partial charge in [0.2, 0.25) is 0 Å². The third kappa shape index (κ3) is 3.01. The van der Waals surface area contributed by atoms with Gasteiger partial charge in [0.1, 0.15) is 5.92 Å². The summed E-state index contributed by atoms with van der Waals surface area (Å²) in [5, 5.41) is 22.4. The molecule has 0 spiro atoms. The first-order valence-electron chi connectivity index (χ1n) is 7.99. The van der Waals surface area contributed by atoms with E-state index in [4.69, 9.17) is 11.6 Å². The molecule has 26 heavy (non-hydrogen) atoms. The molecule has 1 heterocycles. The Labute approximate surface area is 155 Å². The molecule has 0 aliphatic heterocycles. The normalized spacial score (nSPS) is 11.7. The van der Waals surface area contributed by atoms with E-state index in [1.54, 1.807) is 43.3 Å². The zero-order chi connectivity index (χ0) is 18.7. The van der Waals surface area contributed by atoms with E-state index in [9.17, 15) is 15.3 Å². The van der Waals surface area contributed by atoms with Crippen molar-refractivity contribution in [3.63, 3.8) is 0 Å². The Bertz CT molecular complexity index is 1060. The third-order valence-electron chi connectivity index (χ3n) is 4.29. The Kier molecular flexibility index (Phi) is 4.93. The summed E-state index contributed by atoms with van der Waals surface area (Å²) >= 11 is 6.32. The SMILES string of the molecule is Cc1[nH]n(-c2ccccc2)c(=O)c1[C@H](c1ccccc1Cl)C(C#N)C#N. The molecule has 5 nitrogen and oxygen atoms in total. The molecule has 0 unspecified atom stereocenters. The van der Waals surface area contributed by atoms with Gasteiger partial charge in [-0.25, -0.2) is 4.68 Å². The van der Waals surface area contributed by atoms with Crippen molar-refractivity contribution in [3.05, 3.63) is 86.8 Å². The average molecular weight is 363 g/mol. The highest BCUT2D eigenvalue weighted by atomic mass is 35.5. The van der Waals surface area contributed by atoms with Gasteiger partial charge in [-0.1, -0.05) is 48.0 Å². The Morgan fingerprint density at radius 1 is 1.04 bits per heavy atom. The van der Waals surface area contributed by atoms with Crippen LogP contribution in [-0.2, 0) is 0 Å². The van der Waals surface area contributed by atoms with Gasteiger partial charge < -0.3 is 0 Å². The monoisotopic (exact) mass is 362 g/mol. The van der Waals surface area contributed by atoms with Gasteiger partial charge in [0, 0.05) is 22.2 Å². The zero-order valence-corrected chi connectivity index (χ0v) is 14.7. The van der Waals surface area contributed by atoms with Crippen LogP contribution in [0.4, 0.5) is 0 Å². The number of nitrogens with one attached hydrogen (secondary N) is 1. The molecule has 0 saturated carbocycles. The molecular weight excluding hydrogens is 348 g/mol. The summed E-state index contributed by atoms with van der Waals surface area (Å²) in [6, 6.07) is 20.1. The number of benzene rings is 2. The highest BCUT2D eigenvalue weighted by Crippen LogP contribution is 2.35. The van der Waals surface area contributed by atoms with E-state index in [2.05, 4.69) is 5.10 Å². The van der Waals surface area contributed by atoms with Crippen LogP contribution in [-0.4, -0.2) is 9.78 Å². The summed E-state index contributed by atoms with van der Waals surface area (Å²) in [5.41, 5.74) is 1.93. The van der Waals surface area contributed by atoms with Gasteiger partial charge in [-0.05, 0) is 30.7 Å². The molecule has 0 amide bonds. The van der Waals surface area contributed by atoms with Crippen molar-refractivity contribution in [1.29, 1.82) is 10.5 Å². The molecule has 0 aliphatic rings. The topological polar surface area (TPSA) is 85.4 Å². The van der Waals surface area contributed by atoms with Gasteiger partial charge in [-0.2, -0.15) is 10.5 Å². The van der Waals surface area contributed by atoms with Crippen LogP contribution < -0.4 is 5.56 Å². The Balaban J connectivity index is 2.26. The number of H-pyrrole nitrogens is 1. The van der Waals surface area contributed by atoms with Crippen molar-refractivity contribution in [2.24, 2.45) is 5.92 Å². The number of aromatic amines is 1. The minimum Gasteiger partial charge on any atom is -0.295 e. The predicted octanol–water partition coefficient (Wildman–Crippen LogP) is 3.92. The van der Waals surface area contributed by atoms with Crippen LogP contribution in [0.2, 0.25) is 5.02 Å². The summed E-state index contributed by atoms with van der Waals surface area (Å²) in [5.74, 6) is -1.78. The maximum Gasteiger partial charge on any atom is 0.275 e. The van der Waals surface area contributed by atoms with E-state index in [1.165, 1.54) is 4.68 Å². The Hall–Kier alpha value is -3.28. The van der Waals surface area contributed by atoms with E-state index in [1.807, 2.05) is 30.3 Å². The first kappa shape index (κ1) is 17.5. The molecule has 0 saturated heterocycles. The van der Waals surface area contributed by atoms with Crippen molar-refractivity contribution < 1.29 is 0 Å². The molecule has 128 valence electrons. The van der Waals surface area contributed by atoms with Gasteiger partial charge in [0.05, 0.1) is 17.8 Å². The Morgan fingerprint density at radius 2 is 1.65 bits per heavy atom. The quantitative estimate of drug-likeness (QED) is 0.763. The average Bonchev–Trinajstić information content (AvgIpc) is 2.95. The summed E-state index contributed by atoms with van der Waals surface area (Å²) in [6.07, 6.45) is 0. The molecule has 1 atom stereocenters. The standard InChI is InChI=1S/C20H15ClN4O/c1-13-18(20(26)25(24-13)15-7-3-2-4-8-15)19(14(11-22)12-23)16-9-5-6-10-17(16)21/h2-10,14,19,24H,1H3/t19-/m0/s1. The van der Waals surface area contributed by atoms with Crippen LogP contribution in [0.25, 0.3) is 5.69 Å². The molecular formula is C20H15ClN4O. The van der Waals surface area contributed by atoms with Gasteiger partial charge >= 0.3 is 0 Å². The number of aromatic nitrogens is 2. The lowest BCUT2D eigenvalue weighted by molar-refractivity contribution is 0.699. The lowest BCUT2D eigenvalue weighted by Gasteiger charge is -2.18. The largest absolute Gasteiger partial charge is 0.295 e. The van der Waals surface area contributed by atoms with E-state index < -0.39 is 11.8 Å². The maximum absolute atomic E-state index is 13.1. The summed E-state index contributed by atoms with van der Waals surface area (Å²) in [4.78, 5) is 13.1. The van der Waals surface area contributed by atoms with E-state index in [0.29, 0.717) is 27.5 Å². The fourth-order valence-electron chi connectivity index (χ4n) is 3.09. The fourth-order valence-corrected chi connectivity index (χ4v) is 3.34. The fraction of sp³-hybridized carbons (Fsp3) is 0.150. The van der Waals surface area contributed by atoms with Crippen molar-refractivity contribution >= 4 is 11.6 Å². The second kappa shape index (κ2) is 7.31. The van der Waals surface area contributed by atoms with Crippen LogP contribution in [0.15, 0.2) is 59.4 Å². The highest BCUT2D eigenvalue weighted by Gasteiger charge is 2.32. The minimum atomic E-state index is -1.04. The highest BCUT2D eigenvalue weighted by molar-refractivity contribution is 6.31. The number of nitrogens with zero attached hydrogens (tertiary/aromatic N) is 3. The molecule has 0 aliphatic carbocycles. The second-order valence-corrected chi connectivity index (χ2v) is 6.27. The van der Waals surface area contributed by atoms with Crippen molar-refractivity contribution in [3.8, 4) is 17.8 Å². The number of aryl methyl sites for hydroxylation is 1. The molecule has 3 aromatic rings. The molecule has 6 heteroatoms. The molecule has 2 aromatic carbocycles. The lowest BCUT2D eigenvalue weighted by atomic mass is 9.82. The number of nitriles is 2. The van der Waals surface area contributed by atoms with Crippen molar-refractivity contribution in [2.75, 3.05) is 0 Å². The number of hydrogen-bond acceptors (Lipinski definition) is 3. The molecule has 0 bridgehead atoms. The van der Waals surface area contributed by atoms with E-state index >= 15 is 0 Å². The lowest BCUT2D eigenvalue weighted by Crippen LogP contribution is -2.23. The first-order valence-corrected chi connectivity index (χ1v) is 8.37. The van der Waals surface area contributed by atoms with Gasteiger partial charge in [-0.15, -0.1) is 0 Å². The van der Waals surface area contributed by atoms with Gasteiger partial charge in [-0.3, -0.25) is 9.89 Å². The smallest absolute Gasteiger partial charge is 0.275 e. The van der Waals surface area contributed by atoms with Crippen molar-refractivity contribution in [1.82, 2.24) is 9.78 Å².